The molecule has 0 radical (unpaired) electrons. The summed E-state index contributed by atoms with van der Waals surface area (Å²) < 4.78 is 25.9. The summed E-state index contributed by atoms with van der Waals surface area (Å²) in [6, 6.07) is 12.6. The zero-order chi connectivity index (χ0) is 21.1. The summed E-state index contributed by atoms with van der Waals surface area (Å²) in [6.45, 7) is 4.94. The SMILES string of the molecule is CCc1ccc(S(=O)(=O)c2cnc(N3CCN(c4ccccn4)CC3)nc2N)cc1. The lowest BCUT2D eigenvalue weighted by molar-refractivity contribution is 0.595. The Morgan fingerprint density at radius 2 is 1.67 bits per heavy atom. The van der Waals surface area contributed by atoms with E-state index < -0.39 is 9.84 Å². The molecule has 1 aliphatic heterocycles. The van der Waals surface area contributed by atoms with Gasteiger partial charge in [0.1, 0.15) is 16.5 Å². The van der Waals surface area contributed by atoms with Crippen molar-refractivity contribution < 1.29 is 8.42 Å². The summed E-state index contributed by atoms with van der Waals surface area (Å²) in [5, 5.41) is 0. The van der Waals surface area contributed by atoms with Crippen molar-refractivity contribution in [2.24, 2.45) is 0 Å². The third kappa shape index (κ3) is 3.93. The predicted molar refractivity (Wildman–Crippen MR) is 116 cm³/mol. The van der Waals surface area contributed by atoms with Gasteiger partial charge in [-0.3, -0.25) is 0 Å². The van der Waals surface area contributed by atoms with Crippen molar-refractivity contribution in [3.8, 4) is 0 Å². The van der Waals surface area contributed by atoms with Gasteiger partial charge in [-0.2, -0.15) is 4.98 Å². The number of benzene rings is 1. The third-order valence-electron chi connectivity index (χ3n) is 5.24. The minimum atomic E-state index is -3.77. The Kier molecular flexibility index (Phi) is 5.54. The summed E-state index contributed by atoms with van der Waals surface area (Å²) in [4.78, 5) is 17.3. The van der Waals surface area contributed by atoms with Crippen LogP contribution in [0.15, 0.2) is 64.6 Å². The molecule has 3 heterocycles. The van der Waals surface area contributed by atoms with Gasteiger partial charge in [0.05, 0.1) is 11.1 Å². The maximum Gasteiger partial charge on any atom is 0.227 e. The summed E-state index contributed by atoms with van der Waals surface area (Å²) in [7, 11) is -3.77. The van der Waals surface area contributed by atoms with Crippen LogP contribution in [-0.4, -0.2) is 49.5 Å². The van der Waals surface area contributed by atoms with E-state index in [1.165, 1.54) is 6.20 Å². The molecular weight excluding hydrogens is 400 g/mol. The van der Waals surface area contributed by atoms with E-state index in [1.54, 1.807) is 30.5 Å². The van der Waals surface area contributed by atoms with Crippen LogP contribution in [0.25, 0.3) is 0 Å². The smallest absolute Gasteiger partial charge is 0.227 e. The van der Waals surface area contributed by atoms with Crippen molar-refractivity contribution in [3.63, 3.8) is 0 Å². The molecule has 2 aromatic heterocycles. The lowest BCUT2D eigenvalue weighted by atomic mass is 10.2. The second kappa shape index (κ2) is 8.27. The molecule has 2 N–H and O–H groups in total. The van der Waals surface area contributed by atoms with Crippen LogP contribution in [0.3, 0.4) is 0 Å². The molecule has 1 aliphatic rings. The lowest BCUT2D eigenvalue weighted by Gasteiger charge is -2.35. The Balaban J connectivity index is 1.51. The minimum absolute atomic E-state index is 0.0354. The second-order valence-corrected chi connectivity index (χ2v) is 9.00. The molecule has 1 saturated heterocycles. The molecule has 9 heteroatoms. The van der Waals surface area contributed by atoms with Crippen LogP contribution < -0.4 is 15.5 Å². The quantitative estimate of drug-likeness (QED) is 0.664. The van der Waals surface area contributed by atoms with Gasteiger partial charge in [-0.25, -0.2) is 18.4 Å². The molecule has 0 bridgehead atoms. The highest BCUT2D eigenvalue weighted by Crippen LogP contribution is 2.26. The van der Waals surface area contributed by atoms with Gasteiger partial charge < -0.3 is 15.5 Å². The van der Waals surface area contributed by atoms with Gasteiger partial charge in [0.25, 0.3) is 0 Å². The van der Waals surface area contributed by atoms with Crippen LogP contribution in [0.4, 0.5) is 17.6 Å². The number of hydrogen-bond acceptors (Lipinski definition) is 8. The molecule has 4 rings (SSSR count). The lowest BCUT2D eigenvalue weighted by Crippen LogP contribution is -2.47. The van der Waals surface area contributed by atoms with Crippen molar-refractivity contribution >= 4 is 27.4 Å². The number of nitrogen functional groups attached to an aromatic ring is 1. The fraction of sp³-hybridized carbons (Fsp3) is 0.286. The maximum absolute atomic E-state index is 13.0. The minimum Gasteiger partial charge on any atom is -0.382 e. The summed E-state index contributed by atoms with van der Waals surface area (Å²) in [5.74, 6) is 1.34. The predicted octanol–water partition coefficient (Wildman–Crippen LogP) is 2.18. The number of anilines is 3. The van der Waals surface area contributed by atoms with E-state index in [-0.39, 0.29) is 15.6 Å². The van der Waals surface area contributed by atoms with Crippen molar-refractivity contribution in [2.75, 3.05) is 41.7 Å². The highest BCUT2D eigenvalue weighted by molar-refractivity contribution is 7.91. The molecule has 0 aliphatic carbocycles. The molecule has 8 nitrogen and oxygen atoms in total. The Morgan fingerprint density at radius 1 is 0.967 bits per heavy atom. The average Bonchev–Trinajstić information content (AvgIpc) is 2.79. The molecule has 0 amide bonds. The molecule has 0 unspecified atom stereocenters. The normalized spacial score (nSPS) is 14.7. The van der Waals surface area contributed by atoms with Crippen molar-refractivity contribution in [1.29, 1.82) is 0 Å². The number of sulfone groups is 1. The number of aryl methyl sites for hydroxylation is 1. The van der Waals surface area contributed by atoms with Gasteiger partial charge in [0.2, 0.25) is 15.8 Å². The summed E-state index contributed by atoms with van der Waals surface area (Å²) >= 11 is 0. The van der Waals surface area contributed by atoms with Crippen LogP contribution >= 0.6 is 0 Å². The highest BCUT2D eigenvalue weighted by atomic mass is 32.2. The molecule has 3 aromatic rings. The first-order chi connectivity index (χ1) is 14.5. The molecule has 1 fully saturated rings. The van der Waals surface area contributed by atoms with Gasteiger partial charge >= 0.3 is 0 Å². The Labute approximate surface area is 176 Å². The summed E-state index contributed by atoms with van der Waals surface area (Å²) in [5.41, 5.74) is 7.12. The van der Waals surface area contributed by atoms with Crippen LogP contribution in [0.5, 0.6) is 0 Å². The fourth-order valence-electron chi connectivity index (χ4n) is 3.44. The van der Waals surface area contributed by atoms with Crippen LogP contribution in [0.1, 0.15) is 12.5 Å². The number of rotatable bonds is 5. The van der Waals surface area contributed by atoms with Gasteiger partial charge in [-0.1, -0.05) is 25.1 Å². The summed E-state index contributed by atoms with van der Waals surface area (Å²) in [6.07, 6.45) is 3.93. The fourth-order valence-corrected chi connectivity index (χ4v) is 4.70. The van der Waals surface area contributed by atoms with E-state index in [0.717, 1.165) is 30.9 Å². The molecule has 30 heavy (non-hydrogen) atoms. The Hall–Kier alpha value is -3.20. The van der Waals surface area contributed by atoms with E-state index in [0.29, 0.717) is 19.0 Å². The van der Waals surface area contributed by atoms with E-state index in [9.17, 15) is 8.42 Å². The number of aromatic nitrogens is 3. The molecule has 0 atom stereocenters. The zero-order valence-corrected chi connectivity index (χ0v) is 17.6. The zero-order valence-electron chi connectivity index (χ0n) is 16.8. The number of piperazine rings is 1. The first-order valence-electron chi connectivity index (χ1n) is 9.86. The average molecular weight is 425 g/mol. The van der Waals surface area contributed by atoms with Gasteiger partial charge in [-0.05, 0) is 36.2 Å². The van der Waals surface area contributed by atoms with Crippen LogP contribution in [0, 0.1) is 0 Å². The molecule has 1 aromatic carbocycles. The first kappa shape index (κ1) is 20.1. The first-order valence-corrected chi connectivity index (χ1v) is 11.3. The second-order valence-electron chi connectivity index (χ2n) is 7.08. The molecule has 156 valence electrons. The number of nitrogens with two attached hydrogens (primary N) is 1. The van der Waals surface area contributed by atoms with Crippen molar-refractivity contribution in [3.05, 3.63) is 60.4 Å². The molecule has 0 spiro atoms. The van der Waals surface area contributed by atoms with Crippen molar-refractivity contribution in [1.82, 2.24) is 15.0 Å². The van der Waals surface area contributed by atoms with Gasteiger partial charge in [0.15, 0.2) is 0 Å². The standard InChI is InChI=1S/C21H24N6O2S/c1-2-16-6-8-17(9-7-16)30(28,29)18-15-24-21(25-20(18)22)27-13-11-26(12-14-27)19-5-3-4-10-23-19/h3-10,15H,2,11-14H2,1H3,(H2,22,24,25). The maximum atomic E-state index is 13.0. The largest absolute Gasteiger partial charge is 0.382 e. The van der Waals surface area contributed by atoms with E-state index in [2.05, 4.69) is 19.9 Å². The van der Waals surface area contributed by atoms with Gasteiger partial charge in [-0.15, -0.1) is 0 Å². The van der Waals surface area contributed by atoms with Gasteiger partial charge in [0, 0.05) is 32.4 Å². The number of pyridine rings is 1. The Bertz CT molecular complexity index is 1110. The topological polar surface area (TPSA) is 105 Å². The van der Waals surface area contributed by atoms with E-state index in [4.69, 9.17) is 5.73 Å². The van der Waals surface area contributed by atoms with Crippen LogP contribution in [0.2, 0.25) is 0 Å². The highest BCUT2D eigenvalue weighted by Gasteiger charge is 2.25. The molecule has 0 saturated carbocycles. The van der Waals surface area contributed by atoms with E-state index in [1.807, 2.05) is 30.0 Å². The Morgan fingerprint density at radius 3 is 2.27 bits per heavy atom. The van der Waals surface area contributed by atoms with E-state index >= 15 is 0 Å². The monoisotopic (exact) mass is 424 g/mol. The third-order valence-corrected chi connectivity index (χ3v) is 7.02. The molecular formula is C21H24N6O2S. The van der Waals surface area contributed by atoms with Crippen LogP contribution in [-0.2, 0) is 16.3 Å². The van der Waals surface area contributed by atoms with Crippen molar-refractivity contribution in [2.45, 2.75) is 23.1 Å². The number of hydrogen-bond donors (Lipinski definition) is 1. The number of nitrogens with zero attached hydrogens (tertiary/aromatic N) is 5.